The summed E-state index contributed by atoms with van der Waals surface area (Å²) in [5.41, 5.74) is 1.73. The molecule has 0 spiro atoms. The van der Waals surface area contributed by atoms with Crippen LogP contribution in [0.5, 0.6) is 0 Å². The number of sulfone groups is 1. The number of hydrogen-bond donors (Lipinski definition) is 1. The fraction of sp³-hybridized carbons (Fsp3) is 0.350. The molecule has 0 fully saturated rings. The molecule has 0 aliphatic rings. The number of hydrogen-bond acceptors (Lipinski definition) is 5. The van der Waals surface area contributed by atoms with Crippen molar-refractivity contribution >= 4 is 43.1 Å². The van der Waals surface area contributed by atoms with Gasteiger partial charge in [-0.3, -0.25) is 9.10 Å². The molecule has 1 unspecified atom stereocenters. The molecule has 2 rings (SSSR count). The molecule has 0 heterocycles. The van der Waals surface area contributed by atoms with Gasteiger partial charge in [0.1, 0.15) is 6.54 Å². The van der Waals surface area contributed by atoms with Crippen molar-refractivity contribution in [2.45, 2.75) is 31.2 Å². The number of amides is 1. The van der Waals surface area contributed by atoms with Gasteiger partial charge in [-0.05, 0) is 54.8 Å². The zero-order valence-corrected chi connectivity index (χ0v) is 19.6. The van der Waals surface area contributed by atoms with Gasteiger partial charge in [-0.25, -0.2) is 16.8 Å². The first-order chi connectivity index (χ1) is 13.8. The maximum Gasteiger partial charge on any atom is 0.241 e. The molecule has 2 aromatic carbocycles. The highest BCUT2D eigenvalue weighted by molar-refractivity contribution is 7.92. The molecule has 0 saturated heterocycles. The maximum absolute atomic E-state index is 12.7. The molecule has 2 aromatic rings. The number of halogens is 1. The fourth-order valence-corrected chi connectivity index (χ4v) is 4.79. The molecule has 10 heteroatoms. The van der Waals surface area contributed by atoms with E-state index in [1.54, 1.807) is 37.3 Å². The van der Waals surface area contributed by atoms with Crippen LogP contribution < -0.4 is 9.62 Å². The normalized spacial score (nSPS) is 13.0. The van der Waals surface area contributed by atoms with Gasteiger partial charge in [0.25, 0.3) is 0 Å². The van der Waals surface area contributed by atoms with Gasteiger partial charge in [0.2, 0.25) is 15.9 Å². The number of nitrogens with one attached hydrogen (secondary N) is 1. The predicted octanol–water partition coefficient (Wildman–Crippen LogP) is 3.09. The Bertz CT molecular complexity index is 1130. The van der Waals surface area contributed by atoms with Crippen molar-refractivity contribution in [1.82, 2.24) is 5.32 Å². The summed E-state index contributed by atoms with van der Waals surface area (Å²) in [6.45, 7) is 3.20. The van der Waals surface area contributed by atoms with E-state index in [9.17, 15) is 21.6 Å². The molecule has 7 nitrogen and oxygen atoms in total. The Morgan fingerprint density at radius 1 is 1.07 bits per heavy atom. The average Bonchev–Trinajstić information content (AvgIpc) is 2.63. The molecule has 1 N–H and O–H groups in total. The van der Waals surface area contributed by atoms with E-state index in [-0.39, 0.29) is 17.5 Å². The first-order valence-electron chi connectivity index (χ1n) is 9.16. The third-order valence-corrected chi connectivity index (χ3v) is 7.06. The summed E-state index contributed by atoms with van der Waals surface area (Å²) in [5, 5.41) is 3.29. The first kappa shape index (κ1) is 24.2. The van der Waals surface area contributed by atoms with Crippen molar-refractivity contribution in [3.63, 3.8) is 0 Å². The molecular weight excluding hydrogens is 448 g/mol. The first-order valence-corrected chi connectivity index (χ1v) is 13.3. The van der Waals surface area contributed by atoms with E-state index in [1.807, 2.05) is 6.92 Å². The van der Waals surface area contributed by atoms with Crippen LogP contribution in [0.4, 0.5) is 5.69 Å². The van der Waals surface area contributed by atoms with Gasteiger partial charge in [-0.2, -0.15) is 0 Å². The second kappa shape index (κ2) is 9.36. The number of sulfonamides is 1. The summed E-state index contributed by atoms with van der Waals surface area (Å²) in [7, 11) is -7.03. The second-order valence-corrected chi connectivity index (χ2v) is 11.4. The molecule has 0 aliphatic carbocycles. The van der Waals surface area contributed by atoms with Crippen LogP contribution in [0.15, 0.2) is 47.4 Å². The van der Waals surface area contributed by atoms with E-state index in [2.05, 4.69) is 5.32 Å². The molecule has 1 amide bonds. The second-order valence-electron chi connectivity index (χ2n) is 7.07. The lowest BCUT2D eigenvalue weighted by Gasteiger charge is -2.25. The van der Waals surface area contributed by atoms with E-state index in [0.29, 0.717) is 22.7 Å². The molecule has 1 atom stereocenters. The van der Waals surface area contributed by atoms with Crippen molar-refractivity contribution in [3.05, 3.63) is 58.6 Å². The standard InChI is InChI=1S/C20H25ClN2O5S2/c1-5-18(15-6-9-17(10-7-15)29(3,25)26)22-20(24)13-23(30(4,27)28)19-11-8-16(21)12-14(19)2/h6-12,18H,5,13H2,1-4H3,(H,22,24). The average molecular weight is 473 g/mol. The third-order valence-electron chi connectivity index (χ3n) is 4.57. The largest absolute Gasteiger partial charge is 0.348 e. The minimum Gasteiger partial charge on any atom is -0.348 e. The van der Waals surface area contributed by atoms with Gasteiger partial charge in [0, 0.05) is 11.3 Å². The Hall–Kier alpha value is -2.10. The van der Waals surface area contributed by atoms with Crippen LogP contribution in [-0.2, 0) is 24.7 Å². The van der Waals surface area contributed by atoms with E-state index >= 15 is 0 Å². The monoisotopic (exact) mass is 472 g/mol. The van der Waals surface area contributed by atoms with Crippen molar-refractivity contribution < 1.29 is 21.6 Å². The third kappa shape index (κ3) is 6.20. The maximum atomic E-state index is 12.7. The van der Waals surface area contributed by atoms with Gasteiger partial charge in [-0.1, -0.05) is 30.7 Å². The molecule has 0 bridgehead atoms. The highest BCUT2D eigenvalue weighted by Gasteiger charge is 2.24. The lowest BCUT2D eigenvalue weighted by molar-refractivity contribution is -0.120. The Morgan fingerprint density at radius 3 is 2.13 bits per heavy atom. The number of rotatable bonds is 8. The van der Waals surface area contributed by atoms with E-state index in [0.717, 1.165) is 22.4 Å². The topological polar surface area (TPSA) is 101 Å². The van der Waals surface area contributed by atoms with Crippen LogP contribution in [0.25, 0.3) is 0 Å². The summed E-state index contributed by atoms with van der Waals surface area (Å²) >= 11 is 5.95. The van der Waals surface area contributed by atoms with Gasteiger partial charge in [0.05, 0.1) is 22.9 Å². The number of benzene rings is 2. The lowest BCUT2D eigenvalue weighted by atomic mass is 10.0. The molecule has 164 valence electrons. The number of aryl methyl sites for hydroxylation is 1. The summed E-state index contributed by atoms with van der Waals surface area (Å²) in [6.07, 6.45) is 2.71. The van der Waals surface area contributed by atoms with Crippen LogP contribution in [0, 0.1) is 6.92 Å². The van der Waals surface area contributed by atoms with E-state index in [4.69, 9.17) is 11.6 Å². The Kier molecular flexibility index (Phi) is 7.54. The van der Waals surface area contributed by atoms with Crippen LogP contribution >= 0.6 is 11.6 Å². The SMILES string of the molecule is CCC(NC(=O)CN(c1ccc(Cl)cc1C)S(C)(=O)=O)c1ccc(S(C)(=O)=O)cc1. The van der Waals surface area contributed by atoms with Gasteiger partial charge < -0.3 is 5.32 Å². The van der Waals surface area contributed by atoms with Crippen LogP contribution in [-0.4, -0.2) is 41.8 Å². The summed E-state index contributed by atoms with van der Waals surface area (Å²) in [4.78, 5) is 12.9. The minimum atomic E-state index is -3.71. The van der Waals surface area contributed by atoms with E-state index in [1.165, 1.54) is 12.1 Å². The summed E-state index contributed by atoms with van der Waals surface area (Å²) in [6, 6.07) is 10.6. The van der Waals surface area contributed by atoms with Gasteiger partial charge in [0.15, 0.2) is 9.84 Å². The highest BCUT2D eigenvalue weighted by Crippen LogP contribution is 2.26. The van der Waals surface area contributed by atoms with Gasteiger partial charge in [-0.15, -0.1) is 0 Å². The number of anilines is 1. The van der Waals surface area contributed by atoms with Crippen LogP contribution in [0.2, 0.25) is 5.02 Å². The smallest absolute Gasteiger partial charge is 0.241 e. The van der Waals surface area contributed by atoms with Crippen molar-refractivity contribution in [3.8, 4) is 0 Å². The van der Waals surface area contributed by atoms with Crippen molar-refractivity contribution in [2.75, 3.05) is 23.4 Å². The van der Waals surface area contributed by atoms with Gasteiger partial charge >= 0.3 is 0 Å². The number of nitrogens with zero attached hydrogens (tertiary/aromatic N) is 1. The minimum absolute atomic E-state index is 0.189. The van der Waals surface area contributed by atoms with Crippen molar-refractivity contribution in [1.29, 1.82) is 0 Å². The molecule has 0 aliphatic heterocycles. The summed E-state index contributed by atoms with van der Waals surface area (Å²) < 4.78 is 48.9. The van der Waals surface area contributed by atoms with Crippen LogP contribution in [0.3, 0.4) is 0 Å². The fourth-order valence-electron chi connectivity index (χ4n) is 3.02. The number of carbonyl (C=O) groups is 1. The summed E-state index contributed by atoms with van der Waals surface area (Å²) in [5.74, 6) is -0.478. The molecule has 0 saturated carbocycles. The Morgan fingerprint density at radius 2 is 1.67 bits per heavy atom. The quantitative estimate of drug-likeness (QED) is 0.636. The number of carbonyl (C=O) groups excluding carboxylic acids is 1. The molecular formula is C20H25ClN2O5S2. The Labute approximate surface area is 183 Å². The molecule has 0 aromatic heterocycles. The van der Waals surface area contributed by atoms with E-state index < -0.39 is 25.8 Å². The lowest BCUT2D eigenvalue weighted by Crippen LogP contribution is -2.41. The molecule has 0 radical (unpaired) electrons. The Balaban J connectivity index is 2.23. The predicted molar refractivity (Wildman–Crippen MR) is 119 cm³/mol. The highest BCUT2D eigenvalue weighted by atomic mass is 35.5. The molecule has 30 heavy (non-hydrogen) atoms. The van der Waals surface area contributed by atoms with Crippen molar-refractivity contribution in [2.24, 2.45) is 0 Å². The zero-order valence-electron chi connectivity index (χ0n) is 17.2. The van der Waals surface area contributed by atoms with Crippen LogP contribution in [0.1, 0.15) is 30.5 Å². The zero-order chi connectivity index (χ0) is 22.7.